The first-order chi connectivity index (χ1) is 13.7. The van der Waals surface area contributed by atoms with Crippen molar-refractivity contribution in [3.05, 3.63) is 47.5 Å². The van der Waals surface area contributed by atoms with Crippen LogP contribution in [0.1, 0.15) is 75.3 Å². The summed E-state index contributed by atoms with van der Waals surface area (Å²) in [5, 5.41) is 0. The average molecular weight is 393 g/mol. The normalized spacial score (nSPS) is 28.1. The Morgan fingerprint density at radius 1 is 1.00 bits per heavy atom. The van der Waals surface area contributed by atoms with E-state index in [9.17, 15) is 8.78 Å². The van der Waals surface area contributed by atoms with E-state index < -0.39 is 6.08 Å². The fourth-order valence-electron chi connectivity index (χ4n) is 4.60. The average Bonchev–Trinajstić information content (AvgIpc) is 2.73. The first-order valence-corrected chi connectivity index (χ1v) is 11.0. The summed E-state index contributed by atoms with van der Waals surface area (Å²) in [4.78, 5) is 0. The molecule has 3 rings (SSSR count). The third-order valence-electron chi connectivity index (χ3n) is 6.41. The third kappa shape index (κ3) is 6.38. The van der Waals surface area contributed by atoms with Gasteiger partial charge in [-0.25, -0.2) is 0 Å². The number of allylic oxidation sites excluding steroid dienone is 1. The fraction of sp³-hybridized carbons (Fsp3) is 0.667. The number of rotatable bonds is 8. The third-order valence-corrected chi connectivity index (χ3v) is 6.41. The highest BCUT2D eigenvalue weighted by molar-refractivity contribution is 5.26. The van der Waals surface area contributed by atoms with Gasteiger partial charge >= 0.3 is 0 Å². The maximum atomic E-state index is 12.1. The van der Waals surface area contributed by atoms with Crippen LogP contribution in [0.5, 0.6) is 0 Å². The number of aryl methyl sites for hydroxylation is 1. The number of hydrogen-bond donors (Lipinski definition) is 0. The van der Waals surface area contributed by atoms with Crippen molar-refractivity contribution in [3.63, 3.8) is 0 Å². The lowest BCUT2D eigenvalue weighted by atomic mass is 9.74. The van der Waals surface area contributed by atoms with Crippen LogP contribution >= 0.6 is 0 Å². The standard InChI is InChI=1S/C24H34F2O2/c1-2-3-7-24-27-16-22(17-28-24)21-14-12-20(13-15-21)19-10-8-18(9-11-19)5-4-6-23(25)26/h6,8-11,20-22,24H,2-5,7,12-17H2,1H3. The molecular formula is C24H34F2O2. The van der Waals surface area contributed by atoms with Crippen LogP contribution in [-0.2, 0) is 15.9 Å². The Kier molecular flexibility index (Phi) is 8.47. The number of unbranched alkanes of at least 4 members (excludes halogenated alkanes) is 1. The summed E-state index contributed by atoms with van der Waals surface area (Å²) in [7, 11) is 0. The van der Waals surface area contributed by atoms with Gasteiger partial charge < -0.3 is 9.47 Å². The van der Waals surface area contributed by atoms with Gasteiger partial charge in [0.05, 0.1) is 13.2 Å². The number of hydrogen-bond acceptors (Lipinski definition) is 2. The second-order valence-electron chi connectivity index (χ2n) is 8.38. The van der Waals surface area contributed by atoms with Crippen LogP contribution in [-0.4, -0.2) is 19.5 Å². The number of halogens is 2. The van der Waals surface area contributed by atoms with E-state index >= 15 is 0 Å². The maximum Gasteiger partial charge on any atom is 0.266 e. The molecule has 0 spiro atoms. The van der Waals surface area contributed by atoms with Crippen molar-refractivity contribution < 1.29 is 18.3 Å². The van der Waals surface area contributed by atoms with Crippen LogP contribution in [0.3, 0.4) is 0 Å². The van der Waals surface area contributed by atoms with Gasteiger partial charge in [0.1, 0.15) is 0 Å². The molecule has 2 nitrogen and oxygen atoms in total. The zero-order valence-corrected chi connectivity index (χ0v) is 17.0. The molecule has 2 aliphatic rings. The smallest absolute Gasteiger partial charge is 0.266 e. The summed E-state index contributed by atoms with van der Waals surface area (Å²) in [5.41, 5.74) is 2.52. The molecule has 0 N–H and O–H groups in total. The fourth-order valence-corrected chi connectivity index (χ4v) is 4.60. The van der Waals surface area contributed by atoms with Crippen molar-refractivity contribution in [3.8, 4) is 0 Å². The highest BCUT2D eigenvalue weighted by Gasteiger charge is 2.32. The van der Waals surface area contributed by atoms with Crippen molar-refractivity contribution in [2.45, 2.75) is 76.9 Å². The molecule has 1 saturated heterocycles. The molecule has 0 amide bonds. The minimum atomic E-state index is -1.58. The van der Waals surface area contributed by atoms with Crippen LogP contribution in [0.2, 0.25) is 0 Å². The molecule has 1 aliphatic heterocycles. The van der Waals surface area contributed by atoms with Gasteiger partial charge in [0, 0.05) is 5.92 Å². The van der Waals surface area contributed by atoms with E-state index in [0.717, 1.165) is 31.3 Å². The van der Waals surface area contributed by atoms with Gasteiger partial charge in [0.2, 0.25) is 0 Å². The molecule has 1 aromatic rings. The summed E-state index contributed by atoms with van der Waals surface area (Å²) >= 11 is 0. The Hall–Kier alpha value is -1.26. The van der Waals surface area contributed by atoms with Crippen molar-refractivity contribution in [1.29, 1.82) is 0 Å². The van der Waals surface area contributed by atoms with E-state index in [2.05, 4.69) is 31.2 Å². The van der Waals surface area contributed by atoms with Crippen LogP contribution in [0, 0.1) is 11.8 Å². The first kappa shape index (κ1) is 21.4. The quantitative estimate of drug-likeness (QED) is 0.481. The van der Waals surface area contributed by atoms with Gasteiger partial charge in [-0.1, -0.05) is 37.6 Å². The molecule has 1 aliphatic carbocycles. The van der Waals surface area contributed by atoms with Crippen molar-refractivity contribution >= 4 is 0 Å². The number of ether oxygens (including phenoxy) is 2. The van der Waals surface area contributed by atoms with E-state index in [1.165, 1.54) is 44.1 Å². The highest BCUT2D eigenvalue weighted by atomic mass is 19.3. The molecule has 0 atom stereocenters. The van der Waals surface area contributed by atoms with Gasteiger partial charge in [0.15, 0.2) is 6.29 Å². The molecule has 156 valence electrons. The second-order valence-corrected chi connectivity index (χ2v) is 8.38. The van der Waals surface area contributed by atoms with Crippen molar-refractivity contribution in [1.82, 2.24) is 0 Å². The van der Waals surface area contributed by atoms with Crippen LogP contribution in [0.15, 0.2) is 36.4 Å². The largest absolute Gasteiger partial charge is 0.352 e. The summed E-state index contributed by atoms with van der Waals surface area (Å²) in [6, 6.07) is 8.59. The van der Waals surface area contributed by atoms with E-state index in [-0.39, 0.29) is 6.29 Å². The Balaban J connectivity index is 1.41. The molecule has 0 aromatic heterocycles. The Morgan fingerprint density at radius 3 is 2.29 bits per heavy atom. The van der Waals surface area contributed by atoms with Gasteiger partial charge in [-0.3, -0.25) is 0 Å². The van der Waals surface area contributed by atoms with E-state index in [1.54, 1.807) is 0 Å². The molecule has 0 radical (unpaired) electrons. The molecule has 1 heterocycles. The lowest BCUT2D eigenvalue weighted by molar-refractivity contribution is -0.212. The first-order valence-electron chi connectivity index (χ1n) is 11.0. The van der Waals surface area contributed by atoms with Crippen LogP contribution in [0.25, 0.3) is 0 Å². The minimum Gasteiger partial charge on any atom is -0.352 e. The van der Waals surface area contributed by atoms with Gasteiger partial charge in [-0.05, 0) is 80.4 Å². The zero-order chi connectivity index (χ0) is 19.8. The van der Waals surface area contributed by atoms with E-state index in [1.807, 2.05) is 0 Å². The summed E-state index contributed by atoms with van der Waals surface area (Å²) < 4.78 is 36.1. The van der Waals surface area contributed by atoms with Gasteiger partial charge in [0.25, 0.3) is 6.08 Å². The Morgan fingerprint density at radius 2 is 1.68 bits per heavy atom. The molecule has 0 unspecified atom stereocenters. The predicted molar refractivity (Wildman–Crippen MR) is 108 cm³/mol. The maximum absolute atomic E-state index is 12.1. The highest BCUT2D eigenvalue weighted by Crippen LogP contribution is 2.40. The molecule has 1 saturated carbocycles. The van der Waals surface area contributed by atoms with Crippen molar-refractivity contribution in [2.24, 2.45) is 11.8 Å². The molecule has 4 heteroatoms. The van der Waals surface area contributed by atoms with E-state index in [0.29, 0.717) is 30.6 Å². The lowest BCUT2D eigenvalue weighted by Crippen LogP contribution is -2.37. The molecular weight excluding hydrogens is 358 g/mol. The second kappa shape index (κ2) is 11.1. The number of benzene rings is 1. The molecule has 0 bridgehead atoms. The predicted octanol–water partition coefficient (Wildman–Crippen LogP) is 6.85. The summed E-state index contributed by atoms with van der Waals surface area (Å²) in [5.74, 6) is 1.88. The van der Waals surface area contributed by atoms with Gasteiger partial charge in [-0.2, -0.15) is 8.78 Å². The zero-order valence-electron chi connectivity index (χ0n) is 17.0. The van der Waals surface area contributed by atoms with E-state index in [4.69, 9.17) is 9.47 Å². The summed E-state index contributed by atoms with van der Waals surface area (Å²) in [6.45, 7) is 3.90. The lowest BCUT2D eigenvalue weighted by Gasteiger charge is -2.38. The SMILES string of the molecule is CCCCC1OCC(C2CCC(c3ccc(CCC=C(F)F)cc3)CC2)CO1. The monoisotopic (exact) mass is 392 g/mol. The van der Waals surface area contributed by atoms with Gasteiger partial charge in [-0.15, -0.1) is 0 Å². The Labute approximate surface area is 168 Å². The topological polar surface area (TPSA) is 18.5 Å². The van der Waals surface area contributed by atoms with Crippen LogP contribution in [0.4, 0.5) is 8.78 Å². The van der Waals surface area contributed by atoms with Crippen molar-refractivity contribution in [2.75, 3.05) is 13.2 Å². The van der Waals surface area contributed by atoms with Crippen LogP contribution < -0.4 is 0 Å². The molecule has 1 aromatic carbocycles. The summed E-state index contributed by atoms with van der Waals surface area (Å²) in [6.07, 6.45) is 8.79. The Bertz CT molecular complexity index is 594. The molecule has 28 heavy (non-hydrogen) atoms. The minimum absolute atomic E-state index is 0.0166. The molecule has 2 fully saturated rings.